The van der Waals surface area contributed by atoms with Crippen molar-refractivity contribution in [3.8, 4) is 0 Å². The molecule has 1 aliphatic rings. The van der Waals surface area contributed by atoms with Crippen LogP contribution in [0.4, 0.5) is 0 Å². The predicted molar refractivity (Wildman–Crippen MR) is 49.3 cm³/mol. The van der Waals surface area contributed by atoms with Crippen molar-refractivity contribution < 1.29 is 5.11 Å². The standard InChI is InChI=1S/C10H11ClO/c11-8-5-4-7-2-1-3-10(12)9(7)6-8/h4-6,10,12H,1-3H2. The molecule has 0 saturated heterocycles. The first-order valence-corrected chi connectivity index (χ1v) is 4.61. The molecule has 0 saturated carbocycles. The topological polar surface area (TPSA) is 20.2 Å². The van der Waals surface area contributed by atoms with E-state index >= 15 is 0 Å². The molecule has 1 aliphatic carbocycles. The Labute approximate surface area is 77.0 Å². The van der Waals surface area contributed by atoms with E-state index in [1.807, 2.05) is 18.2 Å². The van der Waals surface area contributed by atoms with Crippen LogP contribution in [0, 0.1) is 0 Å². The van der Waals surface area contributed by atoms with Crippen LogP contribution in [0.15, 0.2) is 18.2 Å². The second-order valence-corrected chi connectivity index (χ2v) is 3.69. The van der Waals surface area contributed by atoms with Gasteiger partial charge in [-0.1, -0.05) is 17.7 Å². The maximum atomic E-state index is 9.63. The number of aliphatic hydroxyl groups excluding tert-OH is 1. The molecule has 1 atom stereocenters. The molecule has 0 spiro atoms. The van der Waals surface area contributed by atoms with Gasteiger partial charge in [-0.2, -0.15) is 0 Å². The minimum Gasteiger partial charge on any atom is -0.388 e. The normalized spacial score (nSPS) is 22.0. The Morgan fingerprint density at radius 2 is 2.25 bits per heavy atom. The zero-order valence-corrected chi connectivity index (χ0v) is 7.51. The average Bonchev–Trinajstić information content (AvgIpc) is 2.07. The summed E-state index contributed by atoms with van der Waals surface area (Å²) in [5.41, 5.74) is 2.27. The van der Waals surface area contributed by atoms with Gasteiger partial charge in [0, 0.05) is 5.02 Å². The van der Waals surface area contributed by atoms with E-state index in [4.69, 9.17) is 11.6 Å². The van der Waals surface area contributed by atoms with Gasteiger partial charge in [-0.3, -0.25) is 0 Å². The highest BCUT2D eigenvalue weighted by Gasteiger charge is 2.17. The highest BCUT2D eigenvalue weighted by molar-refractivity contribution is 6.30. The van der Waals surface area contributed by atoms with Crippen molar-refractivity contribution in [2.45, 2.75) is 25.4 Å². The zero-order chi connectivity index (χ0) is 8.55. The van der Waals surface area contributed by atoms with Crippen molar-refractivity contribution >= 4 is 11.6 Å². The molecule has 64 valence electrons. The van der Waals surface area contributed by atoms with Crippen molar-refractivity contribution in [2.24, 2.45) is 0 Å². The molecule has 2 rings (SSSR count). The van der Waals surface area contributed by atoms with Gasteiger partial charge in [0.1, 0.15) is 0 Å². The Bertz CT molecular complexity index is 296. The Kier molecular flexibility index (Phi) is 2.07. The number of aliphatic hydroxyl groups is 1. The van der Waals surface area contributed by atoms with Crippen LogP contribution < -0.4 is 0 Å². The van der Waals surface area contributed by atoms with Crippen LogP contribution in [-0.2, 0) is 6.42 Å². The molecule has 1 unspecified atom stereocenters. The van der Waals surface area contributed by atoms with Crippen LogP contribution in [0.2, 0.25) is 5.02 Å². The summed E-state index contributed by atoms with van der Waals surface area (Å²) in [6.07, 6.45) is 2.72. The maximum Gasteiger partial charge on any atom is 0.0793 e. The van der Waals surface area contributed by atoms with Gasteiger partial charge in [0.05, 0.1) is 6.10 Å². The number of hydrogen-bond donors (Lipinski definition) is 1. The van der Waals surface area contributed by atoms with Crippen molar-refractivity contribution in [1.29, 1.82) is 0 Å². The smallest absolute Gasteiger partial charge is 0.0793 e. The van der Waals surface area contributed by atoms with E-state index in [9.17, 15) is 5.11 Å². The SMILES string of the molecule is OC1CCCc2ccc(Cl)cc21. The largest absolute Gasteiger partial charge is 0.388 e. The Hall–Kier alpha value is -0.530. The van der Waals surface area contributed by atoms with Crippen LogP contribution in [0.1, 0.15) is 30.1 Å². The first kappa shape index (κ1) is 8.09. The zero-order valence-electron chi connectivity index (χ0n) is 6.76. The molecule has 0 aliphatic heterocycles. The van der Waals surface area contributed by atoms with Gasteiger partial charge in [-0.05, 0) is 42.5 Å². The van der Waals surface area contributed by atoms with E-state index in [1.54, 1.807) is 0 Å². The molecule has 0 amide bonds. The molecule has 1 N–H and O–H groups in total. The van der Waals surface area contributed by atoms with Crippen LogP contribution >= 0.6 is 11.6 Å². The number of aryl methyl sites for hydroxylation is 1. The summed E-state index contributed by atoms with van der Waals surface area (Å²) in [4.78, 5) is 0. The lowest BCUT2D eigenvalue weighted by molar-refractivity contribution is 0.156. The fraction of sp³-hybridized carbons (Fsp3) is 0.400. The summed E-state index contributed by atoms with van der Waals surface area (Å²) in [6.45, 7) is 0. The van der Waals surface area contributed by atoms with Gasteiger partial charge in [0.15, 0.2) is 0 Å². The van der Waals surface area contributed by atoms with Gasteiger partial charge in [-0.25, -0.2) is 0 Å². The lowest BCUT2D eigenvalue weighted by atomic mass is 9.90. The van der Waals surface area contributed by atoms with E-state index < -0.39 is 0 Å². The highest BCUT2D eigenvalue weighted by atomic mass is 35.5. The van der Waals surface area contributed by atoms with E-state index in [0.717, 1.165) is 29.8 Å². The third-order valence-corrected chi connectivity index (χ3v) is 2.63. The lowest BCUT2D eigenvalue weighted by Crippen LogP contribution is -2.08. The summed E-state index contributed by atoms with van der Waals surface area (Å²) in [5, 5.41) is 10.3. The summed E-state index contributed by atoms with van der Waals surface area (Å²) in [6, 6.07) is 5.78. The molecule has 2 heteroatoms. The molecule has 12 heavy (non-hydrogen) atoms. The molecule has 0 fully saturated rings. The van der Waals surface area contributed by atoms with Gasteiger partial charge in [-0.15, -0.1) is 0 Å². The third kappa shape index (κ3) is 1.35. The molecular weight excluding hydrogens is 172 g/mol. The summed E-state index contributed by atoms with van der Waals surface area (Å²) in [7, 11) is 0. The van der Waals surface area contributed by atoms with E-state index in [0.29, 0.717) is 0 Å². The second kappa shape index (κ2) is 3.08. The molecular formula is C10H11ClO. The minimum atomic E-state index is -0.299. The van der Waals surface area contributed by atoms with Crippen molar-refractivity contribution in [2.75, 3.05) is 0 Å². The van der Waals surface area contributed by atoms with E-state index in [-0.39, 0.29) is 6.10 Å². The fourth-order valence-electron chi connectivity index (χ4n) is 1.75. The molecule has 0 heterocycles. The van der Waals surface area contributed by atoms with Gasteiger partial charge in [0.25, 0.3) is 0 Å². The molecule has 1 aromatic carbocycles. The third-order valence-electron chi connectivity index (χ3n) is 2.39. The summed E-state index contributed by atoms with van der Waals surface area (Å²) >= 11 is 5.83. The van der Waals surface area contributed by atoms with Crippen LogP contribution in [-0.4, -0.2) is 5.11 Å². The molecule has 0 bridgehead atoms. The van der Waals surface area contributed by atoms with Crippen molar-refractivity contribution in [3.63, 3.8) is 0 Å². The van der Waals surface area contributed by atoms with Gasteiger partial charge >= 0.3 is 0 Å². The first-order valence-electron chi connectivity index (χ1n) is 4.24. The summed E-state index contributed by atoms with van der Waals surface area (Å²) < 4.78 is 0. The molecule has 1 nitrogen and oxygen atoms in total. The fourth-order valence-corrected chi connectivity index (χ4v) is 1.93. The van der Waals surface area contributed by atoms with Crippen LogP contribution in [0.3, 0.4) is 0 Å². The van der Waals surface area contributed by atoms with Gasteiger partial charge < -0.3 is 5.11 Å². The number of rotatable bonds is 0. The first-order chi connectivity index (χ1) is 5.77. The Balaban J connectivity index is 2.47. The number of benzene rings is 1. The van der Waals surface area contributed by atoms with E-state index in [2.05, 4.69) is 0 Å². The Morgan fingerprint density at radius 1 is 1.42 bits per heavy atom. The molecule has 1 aromatic rings. The highest BCUT2D eigenvalue weighted by Crippen LogP contribution is 2.31. The predicted octanol–water partition coefficient (Wildman–Crippen LogP) is 2.71. The van der Waals surface area contributed by atoms with Gasteiger partial charge in [0.2, 0.25) is 0 Å². The summed E-state index contributed by atoms with van der Waals surface area (Å²) in [5.74, 6) is 0. The number of fused-ring (bicyclic) bond motifs is 1. The van der Waals surface area contributed by atoms with E-state index in [1.165, 1.54) is 5.56 Å². The number of hydrogen-bond acceptors (Lipinski definition) is 1. The lowest BCUT2D eigenvalue weighted by Gasteiger charge is -2.20. The molecule has 0 aromatic heterocycles. The maximum absolute atomic E-state index is 9.63. The quantitative estimate of drug-likeness (QED) is 0.654. The van der Waals surface area contributed by atoms with Crippen molar-refractivity contribution in [3.05, 3.63) is 34.3 Å². The minimum absolute atomic E-state index is 0.299. The Morgan fingerprint density at radius 3 is 3.08 bits per heavy atom. The monoisotopic (exact) mass is 182 g/mol. The molecule has 0 radical (unpaired) electrons. The average molecular weight is 183 g/mol. The van der Waals surface area contributed by atoms with Crippen molar-refractivity contribution in [1.82, 2.24) is 0 Å². The second-order valence-electron chi connectivity index (χ2n) is 3.25. The van der Waals surface area contributed by atoms with Crippen LogP contribution in [0.5, 0.6) is 0 Å². The number of halogens is 1. The van der Waals surface area contributed by atoms with Crippen LogP contribution in [0.25, 0.3) is 0 Å².